The van der Waals surface area contributed by atoms with Crippen molar-refractivity contribution in [2.75, 3.05) is 0 Å². The zero-order valence-corrected chi connectivity index (χ0v) is 6.89. The van der Waals surface area contributed by atoms with E-state index in [9.17, 15) is 0 Å². The molecule has 1 atom stereocenters. The first-order valence-electron chi connectivity index (χ1n) is 3.51. The quantitative estimate of drug-likeness (QED) is 0.595. The van der Waals surface area contributed by atoms with Gasteiger partial charge in [-0.15, -0.1) is 0 Å². The first-order valence-corrected chi connectivity index (χ1v) is 3.89. The Morgan fingerprint density at radius 3 is 3.18 bits per heavy atom. The Bertz CT molecular complexity index is 287. The molecule has 1 aromatic heterocycles. The Balaban J connectivity index is 2.58. The van der Waals surface area contributed by atoms with Crippen molar-refractivity contribution in [1.82, 2.24) is 15.3 Å². The van der Waals surface area contributed by atoms with Crippen LogP contribution in [-0.4, -0.2) is 9.97 Å². The highest BCUT2D eigenvalue weighted by Crippen LogP contribution is 2.27. The highest BCUT2D eigenvalue weighted by Gasteiger charge is 2.21. The average molecular weight is 170 g/mol. The van der Waals surface area contributed by atoms with Crippen LogP contribution in [0.4, 0.5) is 0 Å². The monoisotopic (exact) mass is 169 g/mol. The number of rotatable bonds is 0. The van der Waals surface area contributed by atoms with E-state index in [0.29, 0.717) is 11.2 Å². The van der Waals surface area contributed by atoms with E-state index >= 15 is 0 Å². The van der Waals surface area contributed by atoms with Crippen molar-refractivity contribution in [3.8, 4) is 0 Å². The van der Waals surface area contributed by atoms with E-state index < -0.39 is 0 Å². The van der Waals surface area contributed by atoms with Crippen LogP contribution in [0.15, 0.2) is 6.33 Å². The summed E-state index contributed by atoms with van der Waals surface area (Å²) in [7, 11) is 0. The van der Waals surface area contributed by atoms with Crippen LogP contribution in [-0.2, 0) is 6.54 Å². The summed E-state index contributed by atoms with van der Waals surface area (Å²) in [4.78, 5) is 8.03. The Morgan fingerprint density at radius 2 is 2.45 bits per heavy atom. The Kier molecular flexibility index (Phi) is 1.55. The molecule has 0 saturated heterocycles. The minimum Gasteiger partial charge on any atom is -0.304 e. The Morgan fingerprint density at radius 1 is 1.64 bits per heavy atom. The van der Waals surface area contributed by atoms with Gasteiger partial charge in [0.2, 0.25) is 0 Å². The lowest BCUT2D eigenvalue weighted by molar-refractivity contribution is 0.631. The van der Waals surface area contributed by atoms with Gasteiger partial charge in [0.05, 0.1) is 5.69 Å². The summed E-state index contributed by atoms with van der Waals surface area (Å²) in [5.74, 6) is 0. The van der Waals surface area contributed by atoms with Crippen molar-refractivity contribution in [3.05, 3.63) is 22.7 Å². The fourth-order valence-electron chi connectivity index (χ4n) is 1.33. The van der Waals surface area contributed by atoms with Gasteiger partial charge in [0.15, 0.2) is 0 Å². The first kappa shape index (κ1) is 7.00. The van der Waals surface area contributed by atoms with Crippen LogP contribution in [0.25, 0.3) is 0 Å². The Hall–Kier alpha value is -0.670. The molecule has 2 rings (SSSR count). The van der Waals surface area contributed by atoms with Gasteiger partial charge < -0.3 is 5.32 Å². The highest BCUT2D eigenvalue weighted by atomic mass is 35.5. The molecule has 3 nitrogen and oxygen atoms in total. The molecule has 1 N–H and O–H groups in total. The molecule has 4 heteroatoms. The van der Waals surface area contributed by atoms with Crippen molar-refractivity contribution in [3.63, 3.8) is 0 Å². The molecule has 58 valence electrons. The standard InChI is InChI=1S/C7H8ClN3/c1-4-6-5(2-9-4)10-3-11-7(6)8/h3-4,9H,2H2,1H3. The molecule has 0 saturated carbocycles. The topological polar surface area (TPSA) is 37.8 Å². The normalized spacial score (nSPS) is 21.8. The summed E-state index contributed by atoms with van der Waals surface area (Å²) in [6, 6.07) is 0.290. The van der Waals surface area contributed by atoms with Gasteiger partial charge in [-0.05, 0) is 6.92 Å². The summed E-state index contributed by atoms with van der Waals surface area (Å²) in [5, 5.41) is 3.82. The maximum atomic E-state index is 5.87. The third-order valence-corrected chi connectivity index (χ3v) is 2.23. The SMILES string of the molecule is CC1NCc2ncnc(Cl)c21. The second kappa shape index (κ2) is 2.43. The van der Waals surface area contributed by atoms with E-state index in [1.807, 2.05) is 0 Å². The maximum absolute atomic E-state index is 5.87. The lowest BCUT2D eigenvalue weighted by atomic mass is 10.2. The van der Waals surface area contributed by atoms with Crippen LogP contribution < -0.4 is 5.32 Å². The van der Waals surface area contributed by atoms with Gasteiger partial charge >= 0.3 is 0 Å². The molecule has 1 aromatic rings. The van der Waals surface area contributed by atoms with Gasteiger partial charge in [-0.25, -0.2) is 9.97 Å². The highest BCUT2D eigenvalue weighted by molar-refractivity contribution is 6.30. The van der Waals surface area contributed by atoms with Crippen molar-refractivity contribution in [2.24, 2.45) is 0 Å². The zero-order valence-electron chi connectivity index (χ0n) is 6.13. The zero-order chi connectivity index (χ0) is 7.84. The van der Waals surface area contributed by atoms with Gasteiger partial charge in [0.25, 0.3) is 0 Å². The third-order valence-electron chi connectivity index (χ3n) is 1.93. The lowest BCUT2D eigenvalue weighted by Crippen LogP contribution is -2.07. The molecule has 0 bridgehead atoms. The van der Waals surface area contributed by atoms with E-state index in [1.165, 1.54) is 6.33 Å². The van der Waals surface area contributed by atoms with E-state index in [4.69, 9.17) is 11.6 Å². The fraction of sp³-hybridized carbons (Fsp3) is 0.429. The van der Waals surface area contributed by atoms with Crippen molar-refractivity contribution < 1.29 is 0 Å². The Labute approximate surface area is 69.8 Å². The molecule has 1 unspecified atom stereocenters. The summed E-state index contributed by atoms with van der Waals surface area (Å²) in [6.45, 7) is 2.86. The minimum absolute atomic E-state index is 0.290. The molecule has 11 heavy (non-hydrogen) atoms. The number of fused-ring (bicyclic) bond motifs is 1. The fourth-order valence-corrected chi connectivity index (χ4v) is 1.65. The van der Waals surface area contributed by atoms with E-state index in [2.05, 4.69) is 22.2 Å². The largest absolute Gasteiger partial charge is 0.304 e. The summed E-state index contributed by atoms with van der Waals surface area (Å²) in [6.07, 6.45) is 1.50. The smallest absolute Gasteiger partial charge is 0.137 e. The van der Waals surface area contributed by atoms with Crippen molar-refractivity contribution in [2.45, 2.75) is 19.5 Å². The number of aromatic nitrogens is 2. The summed E-state index contributed by atoms with van der Waals surface area (Å²) in [5.41, 5.74) is 2.08. The van der Waals surface area contributed by atoms with E-state index in [1.54, 1.807) is 0 Å². The molecular weight excluding hydrogens is 162 g/mol. The van der Waals surface area contributed by atoms with Crippen LogP contribution >= 0.6 is 11.6 Å². The number of halogens is 1. The van der Waals surface area contributed by atoms with E-state index in [0.717, 1.165) is 17.8 Å². The van der Waals surface area contributed by atoms with Gasteiger partial charge in [-0.2, -0.15) is 0 Å². The molecule has 0 aliphatic carbocycles. The first-order chi connectivity index (χ1) is 5.29. The summed E-state index contributed by atoms with van der Waals surface area (Å²) < 4.78 is 0. The second-order valence-corrected chi connectivity index (χ2v) is 2.99. The summed E-state index contributed by atoms with van der Waals surface area (Å²) >= 11 is 5.87. The lowest BCUT2D eigenvalue weighted by Gasteiger charge is -2.03. The average Bonchev–Trinajstić information content (AvgIpc) is 2.34. The molecular formula is C7H8ClN3. The predicted molar refractivity (Wildman–Crippen MR) is 42.3 cm³/mol. The van der Waals surface area contributed by atoms with Crippen LogP contribution in [0.1, 0.15) is 24.2 Å². The molecule has 0 radical (unpaired) electrons. The molecule has 0 amide bonds. The molecule has 0 aromatic carbocycles. The second-order valence-electron chi connectivity index (χ2n) is 2.63. The van der Waals surface area contributed by atoms with Gasteiger partial charge in [0, 0.05) is 18.2 Å². The van der Waals surface area contributed by atoms with Gasteiger partial charge in [-0.3, -0.25) is 0 Å². The van der Waals surface area contributed by atoms with Crippen molar-refractivity contribution in [1.29, 1.82) is 0 Å². The molecule has 0 fully saturated rings. The van der Waals surface area contributed by atoms with Crippen LogP contribution in [0, 0.1) is 0 Å². The predicted octanol–water partition coefficient (Wildman–Crippen LogP) is 1.29. The minimum atomic E-state index is 0.290. The molecule has 0 spiro atoms. The molecule has 1 aliphatic rings. The van der Waals surface area contributed by atoms with Crippen molar-refractivity contribution >= 4 is 11.6 Å². The molecule has 1 aliphatic heterocycles. The number of hydrogen-bond donors (Lipinski definition) is 1. The van der Waals surface area contributed by atoms with Gasteiger partial charge in [0.1, 0.15) is 11.5 Å². The van der Waals surface area contributed by atoms with Gasteiger partial charge in [-0.1, -0.05) is 11.6 Å². The van der Waals surface area contributed by atoms with Crippen LogP contribution in [0.5, 0.6) is 0 Å². The number of hydrogen-bond acceptors (Lipinski definition) is 3. The van der Waals surface area contributed by atoms with E-state index in [-0.39, 0.29) is 0 Å². The molecule has 2 heterocycles. The van der Waals surface area contributed by atoms with Crippen LogP contribution in [0.3, 0.4) is 0 Å². The maximum Gasteiger partial charge on any atom is 0.137 e. The third kappa shape index (κ3) is 1.01. The number of nitrogens with zero attached hydrogens (tertiary/aromatic N) is 2. The number of nitrogens with one attached hydrogen (secondary N) is 1. The van der Waals surface area contributed by atoms with Crippen LogP contribution in [0.2, 0.25) is 5.15 Å².